The van der Waals surface area contributed by atoms with E-state index in [1.807, 2.05) is 30.3 Å². The number of phenolic OH excluding ortho intramolecular Hbond substituents is 1. The van der Waals surface area contributed by atoms with Gasteiger partial charge in [-0.2, -0.15) is 4.39 Å². The summed E-state index contributed by atoms with van der Waals surface area (Å²) in [5.41, 5.74) is 0.787. The van der Waals surface area contributed by atoms with E-state index in [0.29, 0.717) is 6.29 Å². The number of hydrogen-bond donors (Lipinski definition) is 1. The van der Waals surface area contributed by atoms with Crippen LogP contribution in [0.4, 0.5) is 4.39 Å². The van der Waals surface area contributed by atoms with Crippen molar-refractivity contribution >= 4 is 6.29 Å². The van der Waals surface area contributed by atoms with Crippen molar-refractivity contribution in [2.45, 2.75) is 6.61 Å². The third-order valence-electron chi connectivity index (χ3n) is 2.48. The minimum absolute atomic E-state index is 0.0815. The van der Waals surface area contributed by atoms with Gasteiger partial charge in [-0.25, -0.2) is 0 Å². The largest absolute Gasteiger partial charge is 0.504 e. The highest BCUT2D eigenvalue weighted by atomic mass is 19.1. The molecule has 1 N–H and O–H groups in total. The number of aromatic hydroxyl groups is 1. The number of aldehydes is 1. The molecule has 0 aromatic heterocycles. The Morgan fingerprint density at radius 1 is 1.17 bits per heavy atom. The van der Waals surface area contributed by atoms with Gasteiger partial charge >= 0.3 is 0 Å². The highest BCUT2D eigenvalue weighted by Gasteiger charge is 2.13. The lowest BCUT2D eigenvalue weighted by Gasteiger charge is -2.09. The molecular formula is C14H11FO3. The zero-order valence-corrected chi connectivity index (χ0v) is 9.47. The number of benzene rings is 2. The molecule has 0 aliphatic rings. The van der Waals surface area contributed by atoms with Crippen LogP contribution in [0, 0.1) is 5.82 Å². The molecule has 0 amide bonds. The van der Waals surface area contributed by atoms with E-state index in [1.54, 1.807) is 0 Å². The molecule has 3 nitrogen and oxygen atoms in total. The van der Waals surface area contributed by atoms with Crippen molar-refractivity contribution in [2.75, 3.05) is 0 Å². The minimum Gasteiger partial charge on any atom is -0.504 e. The van der Waals surface area contributed by atoms with Crippen LogP contribution in [0.15, 0.2) is 42.5 Å². The van der Waals surface area contributed by atoms with Crippen molar-refractivity contribution in [3.8, 4) is 11.5 Å². The van der Waals surface area contributed by atoms with Crippen LogP contribution in [0.3, 0.4) is 0 Å². The molecule has 18 heavy (non-hydrogen) atoms. The summed E-state index contributed by atoms with van der Waals surface area (Å²) in [5, 5.41) is 9.39. The third-order valence-corrected chi connectivity index (χ3v) is 2.48. The summed E-state index contributed by atoms with van der Waals surface area (Å²) in [5.74, 6) is -1.69. The van der Waals surface area contributed by atoms with E-state index in [9.17, 15) is 14.3 Å². The van der Waals surface area contributed by atoms with E-state index in [2.05, 4.69) is 0 Å². The Kier molecular flexibility index (Phi) is 3.57. The molecule has 0 saturated carbocycles. The normalized spacial score (nSPS) is 10.1. The summed E-state index contributed by atoms with van der Waals surface area (Å²) in [4.78, 5) is 10.5. The van der Waals surface area contributed by atoms with Crippen molar-refractivity contribution in [1.29, 1.82) is 0 Å². The molecule has 0 radical (unpaired) electrons. The first-order valence-corrected chi connectivity index (χ1v) is 5.35. The van der Waals surface area contributed by atoms with Crippen molar-refractivity contribution in [3.63, 3.8) is 0 Å². The number of halogens is 1. The maximum absolute atomic E-state index is 13.6. The average molecular weight is 246 g/mol. The van der Waals surface area contributed by atoms with Crippen molar-refractivity contribution in [2.24, 2.45) is 0 Å². The Morgan fingerprint density at radius 3 is 2.56 bits per heavy atom. The number of carbonyl (C=O) groups is 1. The second kappa shape index (κ2) is 5.31. The lowest BCUT2D eigenvalue weighted by molar-refractivity contribution is 0.112. The molecule has 0 spiro atoms. The molecule has 0 saturated heterocycles. The number of rotatable bonds is 4. The minimum atomic E-state index is -0.921. The summed E-state index contributed by atoms with van der Waals surface area (Å²) in [6, 6.07) is 11.9. The van der Waals surface area contributed by atoms with Gasteiger partial charge in [-0.15, -0.1) is 0 Å². The third kappa shape index (κ3) is 2.48. The highest BCUT2D eigenvalue weighted by Crippen LogP contribution is 2.28. The number of carbonyl (C=O) groups excluding carboxylic acids is 1. The van der Waals surface area contributed by atoms with Gasteiger partial charge in [0.05, 0.1) is 5.56 Å². The van der Waals surface area contributed by atoms with E-state index >= 15 is 0 Å². The van der Waals surface area contributed by atoms with Gasteiger partial charge in [0.2, 0.25) is 5.82 Å². The van der Waals surface area contributed by atoms with Crippen LogP contribution in [-0.2, 0) is 6.61 Å². The summed E-state index contributed by atoms with van der Waals surface area (Å²) >= 11 is 0. The first-order chi connectivity index (χ1) is 8.72. The molecule has 92 valence electrons. The van der Waals surface area contributed by atoms with Gasteiger partial charge in [-0.05, 0) is 17.7 Å². The summed E-state index contributed by atoms with van der Waals surface area (Å²) < 4.78 is 18.9. The van der Waals surface area contributed by atoms with Gasteiger partial charge in [-0.3, -0.25) is 4.79 Å². The molecule has 0 fully saturated rings. The van der Waals surface area contributed by atoms with Crippen LogP contribution in [-0.4, -0.2) is 11.4 Å². The van der Waals surface area contributed by atoms with Gasteiger partial charge in [0.15, 0.2) is 17.8 Å². The lowest BCUT2D eigenvalue weighted by atomic mass is 10.2. The van der Waals surface area contributed by atoms with E-state index in [4.69, 9.17) is 4.74 Å². The number of hydrogen-bond acceptors (Lipinski definition) is 3. The maximum atomic E-state index is 13.6. The first-order valence-electron chi connectivity index (χ1n) is 5.35. The van der Waals surface area contributed by atoms with Gasteiger partial charge in [0.1, 0.15) is 6.61 Å². The van der Waals surface area contributed by atoms with Gasteiger partial charge in [0.25, 0.3) is 0 Å². The van der Waals surface area contributed by atoms with Crippen molar-refractivity contribution in [3.05, 3.63) is 59.4 Å². The molecule has 0 unspecified atom stereocenters. The van der Waals surface area contributed by atoms with E-state index < -0.39 is 11.6 Å². The molecular weight excluding hydrogens is 235 g/mol. The van der Waals surface area contributed by atoms with Gasteiger partial charge in [0, 0.05) is 0 Å². The monoisotopic (exact) mass is 246 g/mol. The van der Waals surface area contributed by atoms with Crippen LogP contribution in [0.2, 0.25) is 0 Å². The fourth-order valence-electron chi connectivity index (χ4n) is 1.50. The molecule has 2 aromatic rings. The molecule has 2 aromatic carbocycles. The first kappa shape index (κ1) is 12.1. The van der Waals surface area contributed by atoms with Gasteiger partial charge < -0.3 is 9.84 Å². The van der Waals surface area contributed by atoms with E-state index in [1.165, 1.54) is 12.1 Å². The molecule has 0 aliphatic heterocycles. The lowest BCUT2D eigenvalue weighted by Crippen LogP contribution is -1.98. The molecule has 0 bridgehead atoms. The number of ether oxygens (including phenoxy) is 1. The average Bonchev–Trinajstić information content (AvgIpc) is 2.42. The van der Waals surface area contributed by atoms with Crippen molar-refractivity contribution < 1.29 is 19.0 Å². The fraction of sp³-hybridized carbons (Fsp3) is 0.0714. The Balaban J connectivity index is 2.15. The number of phenols is 1. The highest BCUT2D eigenvalue weighted by molar-refractivity contribution is 5.79. The topological polar surface area (TPSA) is 46.5 Å². The maximum Gasteiger partial charge on any atom is 0.207 e. The predicted molar refractivity (Wildman–Crippen MR) is 64.2 cm³/mol. The van der Waals surface area contributed by atoms with Crippen LogP contribution in [0.1, 0.15) is 15.9 Å². The molecule has 2 rings (SSSR count). The zero-order chi connectivity index (χ0) is 13.0. The molecule has 0 atom stereocenters. The molecule has 0 heterocycles. The summed E-state index contributed by atoms with van der Waals surface area (Å²) in [7, 11) is 0. The zero-order valence-electron chi connectivity index (χ0n) is 9.47. The van der Waals surface area contributed by atoms with Crippen LogP contribution < -0.4 is 4.74 Å². The summed E-state index contributed by atoms with van der Waals surface area (Å²) in [6.07, 6.45) is 0.388. The Labute approximate surface area is 103 Å². The van der Waals surface area contributed by atoms with Crippen LogP contribution in [0.25, 0.3) is 0 Å². The molecule has 0 aliphatic carbocycles. The summed E-state index contributed by atoms with van der Waals surface area (Å²) in [6.45, 7) is 0.192. The smallest absolute Gasteiger partial charge is 0.207 e. The van der Waals surface area contributed by atoms with Crippen molar-refractivity contribution in [1.82, 2.24) is 0 Å². The quantitative estimate of drug-likeness (QED) is 0.844. The van der Waals surface area contributed by atoms with Crippen LogP contribution >= 0.6 is 0 Å². The van der Waals surface area contributed by atoms with Gasteiger partial charge in [-0.1, -0.05) is 30.3 Å². The predicted octanol–water partition coefficient (Wildman–Crippen LogP) is 2.92. The van der Waals surface area contributed by atoms with Crippen LogP contribution in [0.5, 0.6) is 11.5 Å². The van der Waals surface area contributed by atoms with E-state index in [0.717, 1.165) is 5.56 Å². The second-order valence-corrected chi connectivity index (χ2v) is 3.71. The standard InChI is InChI=1S/C14H11FO3/c15-13-12(7-6-11(8-16)14(13)17)18-9-10-4-2-1-3-5-10/h1-8,17H,9H2. The Hall–Kier alpha value is -2.36. The molecule has 4 heteroatoms. The Morgan fingerprint density at radius 2 is 1.89 bits per heavy atom. The SMILES string of the molecule is O=Cc1ccc(OCc2ccccc2)c(F)c1O. The fourth-order valence-corrected chi connectivity index (χ4v) is 1.50. The Bertz CT molecular complexity index is 552. The second-order valence-electron chi connectivity index (χ2n) is 3.71. The van der Waals surface area contributed by atoms with E-state index in [-0.39, 0.29) is 17.9 Å².